The van der Waals surface area contributed by atoms with Crippen molar-refractivity contribution in [3.8, 4) is 23.0 Å². The van der Waals surface area contributed by atoms with Gasteiger partial charge in [0.25, 0.3) is 0 Å². The minimum absolute atomic E-state index is 0.116. The molecule has 2 aliphatic carbocycles. The minimum atomic E-state index is -1.61. The van der Waals surface area contributed by atoms with Gasteiger partial charge in [0, 0.05) is 32.1 Å². The Balaban J connectivity index is 1.27. The molecular weight excluding hydrogens is 741 g/mol. The van der Waals surface area contributed by atoms with Crippen LogP contribution in [-0.2, 0) is 41.8 Å². The monoisotopic (exact) mass is 790 g/mol. The summed E-state index contributed by atoms with van der Waals surface area (Å²) in [6.07, 6.45) is 1.49. The van der Waals surface area contributed by atoms with Gasteiger partial charge < -0.3 is 34.2 Å². The van der Waals surface area contributed by atoms with Gasteiger partial charge >= 0.3 is 17.9 Å². The fraction of sp³-hybridized carbons (Fsp3) is 0.370. The summed E-state index contributed by atoms with van der Waals surface area (Å²) in [4.78, 5) is 71.7. The van der Waals surface area contributed by atoms with Crippen molar-refractivity contribution in [1.82, 2.24) is 9.80 Å². The van der Waals surface area contributed by atoms with E-state index in [1.165, 1.54) is 9.80 Å². The molecule has 0 saturated heterocycles. The molecule has 0 aromatic heterocycles. The fourth-order valence-electron chi connectivity index (χ4n) is 7.77. The third-order valence-corrected chi connectivity index (χ3v) is 10.9. The van der Waals surface area contributed by atoms with Crippen LogP contribution in [-0.4, -0.2) is 68.9 Å². The van der Waals surface area contributed by atoms with Crippen LogP contribution in [0.4, 0.5) is 0 Å². The van der Waals surface area contributed by atoms with Crippen molar-refractivity contribution in [1.29, 1.82) is 0 Å². The summed E-state index contributed by atoms with van der Waals surface area (Å²) >= 11 is 0. The van der Waals surface area contributed by atoms with Gasteiger partial charge in [-0.05, 0) is 85.3 Å². The number of benzene rings is 4. The van der Waals surface area contributed by atoms with Crippen LogP contribution in [0, 0.1) is 29.6 Å². The van der Waals surface area contributed by atoms with Gasteiger partial charge in [0.05, 0.1) is 23.7 Å². The zero-order chi connectivity index (χ0) is 41.2. The SMILES string of the molecule is CCCN(Cc1ccc(Oc2ccccc2)cc1)C(=O)C1C(C(=O)O)C(C(=O)OC(C(=O)O)C2CCC2)C1C(=O)N(CCC)Cc1ccc(Oc2ccccc2)cc1. The molecule has 2 saturated carbocycles. The quantitative estimate of drug-likeness (QED) is 0.0897. The summed E-state index contributed by atoms with van der Waals surface area (Å²) in [6, 6.07) is 33.0. The van der Waals surface area contributed by atoms with Gasteiger partial charge in [-0.3, -0.25) is 19.2 Å². The molecule has 2 N–H and O–H groups in total. The van der Waals surface area contributed by atoms with Crippen molar-refractivity contribution < 1.29 is 48.4 Å². The van der Waals surface area contributed by atoms with Crippen molar-refractivity contribution in [2.75, 3.05) is 13.1 Å². The summed E-state index contributed by atoms with van der Waals surface area (Å²) in [6.45, 7) is 4.54. The Bertz CT molecular complexity index is 2020. The number of nitrogens with zero attached hydrogens (tertiary/aromatic N) is 2. The van der Waals surface area contributed by atoms with Crippen molar-refractivity contribution in [3.63, 3.8) is 0 Å². The molecule has 4 aromatic rings. The number of carboxylic acids is 2. The molecule has 0 radical (unpaired) electrons. The second-order valence-electron chi connectivity index (χ2n) is 15.0. The lowest BCUT2D eigenvalue weighted by molar-refractivity contribution is -0.197. The second-order valence-corrected chi connectivity index (χ2v) is 15.0. The lowest BCUT2D eigenvalue weighted by atomic mass is 9.55. The lowest BCUT2D eigenvalue weighted by Gasteiger charge is -2.49. The number of hydrogen-bond donors (Lipinski definition) is 2. The Labute approximate surface area is 338 Å². The third kappa shape index (κ3) is 9.85. The van der Waals surface area contributed by atoms with Crippen LogP contribution in [0.5, 0.6) is 23.0 Å². The first kappa shape index (κ1) is 41.5. The van der Waals surface area contributed by atoms with E-state index < -0.39 is 65.4 Å². The molecule has 5 atom stereocenters. The van der Waals surface area contributed by atoms with Crippen molar-refractivity contribution in [2.45, 2.75) is 65.1 Å². The van der Waals surface area contributed by atoms with Crippen molar-refractivity contribution in [2.24, 2.45) is 29.6 Å². The van der Waals surface area contributed by atoms with E-state index in [1.54, 1.807) is 24.3 Å². The number of carbonyl (C=O) groups is 5. The fourth-order valence-corrected chi connectivity index (χ4v) is 7.77. The summed E-state index contributed by atoms with van der Waals surface area (Å²) in [5.74, 6) is -8.88. The molecule has 5 unspecified atom stereocenters. The maximum Gasteiger partial charge on any atom is 0.345 e. The highest BCUT2D eigenvalue weighted by atomic mass is 16.6. The average Bonchev–Trinajstić information content (AvgIpc) is 3.18. The number of hydrogen-bond acceptors (Lipinski definition) is 8. The number of ether oxygens (including phenoxy) is 3. The number of amides is 2. The Morgan fingerprint density at radius 3 is 1.36 bits per heavy atom. The van der Waals surface area contributed by atoms with E-state index in [1.807, 2.05) is 98.8 Å². The normalized spacial score (nSPS) is 19.1. The first-order chi connectivity index (χ1) is 28.1. The number of carbonyl (C=O) groups excluding carboxylic acids is 3. The molecule has 0 heterocycles. The molecule has 2 amide bonds. The van der Waals surface area contributed by atoms with E-state index in [0.29, 0.717) is 48.7 Å². The highest BCUT2D eigenvalue weighted by Gasteiger charge is 2.65. The van der Waals surface area contributed by atoms with Gasteiger partial charge in [0.1, 0.15) is 23.0 Å². The van der Waals surface area contributed by atoms with Gasteiger partial charge in [-0.15, -0.1) is 0 Å². The smallest absolute Gasteiger partial charge is 0.345 e. The van der Waals surface area contributed by atoms with E-state index in [4.69, 9.17) is 14.2 Å². The average molecular weight is 791 g/mol. The Morgan fingerprint density at radius 1 is 0.586 bits per heavy atom. The number of aliphatic carboxylic acids is 2. The lowest BCUT2D eigenvalue weighted by Crippen LogP contribution is -2.65. The molecule has 0 aliphatic heterocycles. The molecule has 12 heteroatoms. The minimum Gasteiger partial charge on any atom is -0.481 e. The van der Waals surface area contributed by atoms with Crippen LogP contribution in [0.2, 0.25) is 0 Å². The van der Waals surface area contributed by atoms with Crippen LogP contribution in [0.1, 0.15) is 57.1 Å². The van der Waals surface area contributed by atoms with Crippen molar-refractivity contribution >= 4 is 29.7 Å². The summed E-state index contributed by atoms with van der Waals surface area (Å²) < 4.78 is 17.4. The Kier molecular flexibility index (Phi) is 13.8. The molecule has 6 rings (SSSR count). The predicted molar refractivity (Wildman–Crippen MR) is 214 cm³/mol. The maximum atomic E-state index is 14.8. The van der Waals surface area contributed by atoms with Gasteiger partial charge in [-0.25, -0.2) is 4.79 Å². The number of para-hydroxylation sites is 2. The van der Waals surface area contributed by atoms with E-state index in [2.05, 4.69) is 0 Å². The van der Waals surface area contributed by atoms with Gasteiger partial charge in [-0.1, -0.05) is 80.9 Å². The number of carboxylic acid groups (broad SMARTS) is 2. The molecule has 12 nitrogen and oxygen atoms in total. The molecule has 4 aromatic carbocycles. The zero-order valence-electron chi connectivity index (χ0n) is 32.8. The standard InChI is InChI=1S/C46H50N2O10/c1-3-26-47(28-30-18-22-35(23-19-30)56-33-14-7-5-8-15-33)42(49)37-38(40(39(37)44(51)52)46(55)58-41(45(53)54)32-12-11-13-32)43(50)48(27-4-2)29-31-20-24-36(25-21-31)57-34-16-9-6-10-17-34/h5-10,14-25,32,37-41H,3-4,11-13,26-29H2,1-2H3,(H,51,52)(H,53,54). The summed E-state index contributed by atoms with van der Waals surface area (Å²) in [7, 11) is 0. The molecule has 58 heavy (non-hydrogen) atoms. The molecule has 2 aliphatic rings. The van der Waals surface area contributed by atoms with Crippen LogP contribution in [0.3, 0.4) is 0 Å². The van der Waals surface area contributed by atoms with Crippen LogP contribution < -0.4 is 9.47 Å². The van der Waals surface area contributed by atoms with E-state index in [-0.39, 0.29) is 26.2 Å². The first-order valence-electron chi connectivity index (χ1n) is 19.9. The van der Waals surface area contributed by atoms with E-state index in [9.17, 15) is 34.2 Å². The molecule has 304 valence electrons. The van der Waals surface area contributed by atoms with Crippen LogP contribution in [0.15, 0.2) is 109 Å². The molecule has 0 spiro atoms. The third-order valence-electron chi connectivity index (χ3n) is 10.9. The Morgan fingerprint density at radius 2 is 1.00 bits per heavy atom. The molecular formula is C46H50N2O10. The largest absolute Gasteiger partial charge is 0.481 e. The van der Waals surface area contributed by atoms with E-state index in [0.717, 1.165) is 17.5 Å². The topological polar surface area (TPSA) is 160 Å². The van der Waals surface area contributed by atoms with Crippen molar-refractivity contribution in [3.05, 3.63) is 120 Å². The highest BCUT2D eigenvalue weighted by Crippen LogP contribution is 2.50. The van der Waals surface area contributed by atoms with Crippen LogP contribution >= 0.6 is 0 Å². The van der Waals surface area contributed by atoms with Gasteiger partial charge in [0.2, 0.25) is 17.9 Å². The summed E-state index contributed by atoms with van der Waals surface area (Å²) in [5.41, 5.74) is 1.51. The molecule has 0 bridgehead atoms. The highest BCUT2D eigenvalue weighted by molar-refractivity contribution is 6.00. The zero-order valence-corrected chi connectivity index (χ0v) is 32.8. The number of rotatable bonds is 19. The Hall–Kier alpha value is -6.17. The second kappa shape index (κ2) is 19.3. The van der Waals surface area contributed by atoms with Gasteiger partial charge in [0.15, 0.2) is 0 Å². The maximum absolute atomic E-state index is 14.8. The van der Waals surface area contributed by atoms with Gasteiger partial charge in [-0.2, -0.15) is 0 Å². The predicted octanol–water partition coefficient (Wildman–Crippen LogP) is 7.81. The number of esters is 1. The van der Waals surface area contributed by atoms with E-state index >= 15 is 0 Å². The first-order valence-corrected chi connectivity index (χ1v) is 19.9. The molecule has 2 fully saturated rings. The summed E-state index contributed by atoms with van der Waals surface area (Å²) in [5, 5.41) is 20.6. The van der Waals surface area contributed by atoms with Crippen LogP contribution in [0.25, 0.3) is 0 Å².